The number of carbonyl (C=O) groups excluding carboxylic acids is 1. The Morgan fingerprint density at radius 3 is 2.53 bits per heavy atom. The van der Waals surface area contributed by atoms with Crippen molar-refractivity contribution in [3.63, 3.8) is 0 Å². The topological polar surface area (TPSA) is 78.5 Å². The third-order valence-electron chi connectivity index (χ3n) is 6.05. The van der Waals surface area contributed by atoms with E-state index in [1.54, 1.807) is 12.1 Å². The first-order chi connectivity index (χ1) is 16.5. The molecule has 2 N–H and O–H groups in total. The second kappa shape index (κ2) is 8.88. The third-order valence-corrected chi connectivity index (χ3v) is 6.31. The quantitative estimate of drug-likeness (QED) is 0.366. The van der Waals surface area contributed by atoms with Gasteiger partial charge in [0, 0.05) is 22.7 Å². The average molecular weight is 474 g/mol. The molecule has 5 rings (SSSR count). The molecule has 1 amide bonds. The number of aromatic amines is 1. The van der Waals surface area contributed by atoms with E-state index in [-0.39, 0.29) is 11.7 Å². The SMILES string of the molecule is CCOc1cc(C2c3c(-c4ccc(C)cc4)n[nH]c3C(=O)N2Cc2ccc(Cl)cc2)ccc1O. The van der Waals surface area contributed by atoms with Crippen molar-refractivity contribution in [2.45, 2.75) is 26.4 Å². The number of rotatable bonds is 6. The molecule has 0 bridgehead atoms. The first kappa shape index (κ1) is 22.0. The second-order valence-corrected chi connectivity index (χ2v) is 8.79. The number of fused-ring (bicyclic) bond motifs is 1. The summed E-state index contributed by atoms with van der Waals surface area (Å²) in [4.78, 5) is 15.4. The van der Waals surface area contributed by atoms with Gasteiger partial charge in [0.25, 0.3) is 5.91 Å². The number of phenolic OH excluding ortho intramolecular Hbond substituents is 1. The first-order valence-corrected chi connectivity index (χ1v) is 11.5. The molecule has 0 fully saturated rings. The molecule has 0 radical (unpaired) electrons. The van der Waals surface area contributed by atoms with Gasteiger partial charge >= 0.3 is 0 Å². The Balaban J connectivity index is 1.65. The van der Waals surface area contributed by atoms with E-state index in [4.69, 9.17) is 16.3 Å². The molecule has 172 valence electrons. The van der Waals surface area contributed by atoms with Crippen LogP contribution in [0.5, 0.6) is 11.5 Å². The van der Waals surface area contributed by atoms with Gasteiger partial charge in [-0.05, 0) is 49.2 Å². The number of H-pyrrole nitrogens is 1. The maximum atomic E-state index is 13.6. The number of aromatic nitrogens is 2. The number of aryl methyl sites for hydroxylation is 1. The molecule has 0 saturated heterocycles. The summed E-state index contributed by atoms with van der Waals surface area (Å²) in [7, 11) is 0. The lowest BCUT2D eigenvalue weighted by Gasteiger charge is -2.27. The highest BCUT2D eigenvalue weighted by Crippen LogP contribution is 2.45. The molecule has 1 unspecified atom stereocenters. The number of nitrogens with one attached hydrogen (secondary N) is 1. The minimum atomic E-state index is -0.409. The normalized spacial score (nSPS) is 15.0. The van der Waals surface area contributed by atoms with E-state index in [1.807, 2.05) is 73.3 Å². The lowest BCUT2D eigenvalue weighted by Crippen LogP contribution is -2.29. The summed E-state index contributed by atoms with van der Waals surface area (Å²) in [5.74, 6) is 0.310. The van der Waals surface area contributed by atoms with Gasteiger partial charge in [0.2, 0.25) is 0 Å². The van der Waals surface area contributed by atoms with E-state index >= 15 is 0 Å². The predicted octanol–water partition coefficient (Wildman–Crippen LogP) is 5.89. The highest BCUT2D eigenvalue weighted by molar-refractivity contribution is 6.30. The van der Waals surface area contributed by atoms with Crippen LogP contribution in [0.3, 0.4) is 0 Å². The van der Waals surface area contributed by atoms with E-state index in [1.165, 1.54) is 0 Å². The van der Waals surface area contributed by atoms with E-state index in [9.17, 15) is 9.90 Å². The first-order valence-electron chi connectivity index (χ1n) is 11.1. The van der Waals surface area contributed by atoms with Gasteiger partial charge in [-0.25, -0.2) is 0 Å². The van der Waals surface area contributed by atoms with Crippen molar-refractivity contribution in [3.8, 4) is 22.8 Å². The summed E-state index contributed by atoms with van der Waals surface area (Å²) in [6.07, 6.45) is 0. The summed E-state index contributed by atoms with van der Waals surface area (Å²) in [5, 5.41) is 18.4. The molecule has 1 aromatic heterocycles. The lowest BCUT2D eigenvalue weighted by molar-refractivity contribution is 0.0730. The van der Waals surface area contributed by atoms with Crippen molar-refractivity contribution < 1.29 is 14.6 Å². The predicted molar refractivity (Wildman–Crippen MR) is 131 cm³/mol. The van der Waals surface area contributed by atoms with E-state index in [2.05, 4.69) is 10.2 Å². The zero-order chi connectivity index (χ0) is 23.8. The summed E-state index contributed by atoms with van der Waals surface area (Å²) in [5.41, 5.74) is 5.89. The van der Waals surface area contributed by atoms with E-state index in [0.29, 0.717) is 29.6 Å². The maximum Gasteiger partial charge on any atom is 0.273 e. The Hall–Kier alpha value is -3.77. The van der Waals surface area contributed by atoms with Crippen LogP contribution in [0.15, 0.2) is 66.7 Å². The lowest BCUT2D eigenvalue weighted by atomic mass is 9.95. The Bertz CT molecular complexity index is 1350. The van der Waals surface area contributed by atoms with Crippen LogP contribution in [0.2, 0.25) is 5.02 Å². The molecule has 0 aliphatic carbocycles. The Morgan fingerprint density at radius 2 is 1.82 bits per heavy atom. The molecule has 0 saturated carbocycles. The number of halogens is 1. The van der Waals surface area contributed by atoms with Crippen molar-refractivity contribution in [2.24, 2.45) is 0 Å². The molecule has 6 nitrogen and oxygen atoms in total. The standard InChI is InChI=1S/C27H24ClN3O3/c1-3-34-22-14-19(10-13-21(22)32)26-23-24(18-8-4-16(2)5-9-18)29-30-25(23)27(33)31(26)15-17-6-11-20(28)12-7-17/h4-14,26,32H,3,15H2,1-2H3,(H,29,30). The van der Waals surface area contributed by atoms with Crippen molar-refractivity contribution in [3.05, 3.63) is 99.7 Å². The van der Waals surface area contributed by atoms with Crippen LogP contribution >= 0.6 is 11.6 Å². The summed E-state index contributed by atoms with van der Waals surface area (Å²) < 4.78 is 5.64. The highest BCUT2D eigenvalue weighted by atomic mass is 35.5. The van der Waals surface area contributed by atoms with Crippen LogP contribution in [0.1, 0.15) is 45.7 Å². The smallest absolute Gasteiger partial charge is 0.273 e. The van der Waals surface area contributed by atoms with Gasteiger partial charge in [0.1, 0.15) is 5.69 Å². The summed E-state index contributed by atoms with van der Waals surface area (Å²) >= 11 is 6.07. The number of aromatic hydroxyl groups is 1. The molecule has 0 spiro atoms. The van der Waals surface area contributed by atoms with Crippen molar-refractivity contribution in [2.75, 3.05) is 6.61 Å². The molecule has 7 heteroatoms. The van der Waals surface area contributed by atoms with Gasteiger partial charge in [-0.15, -0.1) is 0 Å². The molecule has 4 aromatic rings. The number of ether oxygens (including phenoxy) is 1. The van der Waals surface area contributed by atoms with Gasteiger partial charge in [0.05, 0.1) is 18.3 Å². The molecule has 1 aliphatic heterocycles. The molecule has 1 aliphatic rings. The van der Waals surface area contributed by atoms with Crippen molar-refractivity contribution in [1.29, 1.82) is 0 Å². The molecule has 3 aromatic carbocycles. The monoisotopic (exact) mass is 473 g/mol. The maximum absolute atomic E-state index is 13.6. The second-order valence-electron chi connectivity index (χ2n) is 8.35. The number of carbonyl (C=O) groups is 1. The minimum Gasteiger partial charge on any atom is -0.504 e. The van der Waals surface area contributed by atoms with Crippen molar-refractivity contribution in [1.82, 2.24) is 15.1 Å². The largest absolute Gasteiger partial charge is 0.504 e. The van der Waals surface area contributed by atoms with Gasteiger partial charge in [-0.1, -0.05) is 59.6 Å². The number of benzene rings is 3. The summed E-state index contributed by atoms with van der Waals surface area (Å²) in [6.45, 7) is 4.70. The fourth-order valence-corrected chi connectivity index (χ4v) is 4.52. The third kappa shape index (κ3) is 3.90. The van der Waals surface area contributed by atoms with E-state index < -0.39 is 6.04 Å². The zero-order valence-electron chi connectivity index (χ0n) is 18.9. The Morgan fingerprint density at radius 1 is 1.09 bits per heavy atom. The zero-order valence-corrected chi connectivity index (χ0v) is 19.6. The van der Waals surface area contributed by atoms with Crippen LogP contribution in [0.25, 0.3) is 11.3 Å². The van der Waals surface area contributed by atoms with E-state index in [0.717, 1.165) is 33.5 Å². The van der Waals surface area contributed by atoms with Crippen LogP contribution in [0.4, 0.5) is 0 Å². The van der Waals surface area contributed by atoms with Gasteiger partial charge in [0.15, 0.2) is 11.5 Å². The molecule has 1 atom stereocenters. The molecule has 2 heterocycles. The van der Waals surface area contributed by atoms with Gasteiger partial charge < -0.3 is 14.7 Å². The average Bonchev–Trinajstić information content (AvgIpc) is 3.37. The molecular weight excluding hydrogens is 450 g/mol. The molecular formula is C27H24ClN3O3. The van der Waals surface area contributed by atoms with Gasteiger partial charge in [-0.3, -0.25) is 9.89 Å². The number of phenols is 1. The number of hydrogen-bond acceptors (Lipinski definition) is 4. The van der Waals surface area contributed by atoms with Crippen molar-refractivity contribution >= 4 is 17.5 Å². The number of amides is 1. The number of nitrogens with zero attached hydrogens (tertiary/aromatic N) is 2. The van der Waals surface area contributed by atoms with Crippen LogP contribution < -0.4 is 4.74 Å². The summed E-state index contributed by atoms with van der Waals surface area (Å²) in [6, 6.07) is 20.4. The van der Waals surface area contributed by atoms with Crippen LogP contribution in [-0.4, -0.2) is 32.7 Å². The number of hydrogen-bond donors (Lipinski definition) is 2. The Kier molecular flexibility index (Phi) is 5.75. The molecule has 34 heavy (non-hydrogen) atoms. The Labute approximate surface area is 202 Å². The van der Waals surface area contributed by atoms with Crippen LogP contribution in [0, 0.1) is 6.92 Å². The minimum absolute atomic E-state index is 0.0605. The van der Waals surface area contributed by atoms with Crippen LogP contribution in [-0.2, 0) is 6.54 Å². The fraction of sp³-hybridized carbons (Fsp3) is 0.185. The highest BCUT2D eigenvalue weighted by Gasteiger charge is 2.42. The fourth-order valence-electron chi connectivity index (χ4n) is 4.40. The van der Waals surface area contributed by atoms with Gasteiger partial charge in [-0.2, -0.15) is 5.10 Å².